The minimum absolute atomic E-state index is 0.0932. The highest BCUT2D eigenvalue weighted by atomic mass is 127. The van der Waals surface area contributed by atoms with Gasteiger partial charge in [0.15, 0.2) is 18.1 Å². The number of carbonyl (C=O) groups is 2. The number of nitrogens with one attached hydrogen (secondary N) is 2. The molecule has 0 bridgehead atoms. The van der Waals surface area contributed by atoms with E-state index in [4.69, 9.17) is 21.1 Å². The van der Waals surface area contributed by atoms with Crippen LogP contribution in [0.25, 0.3) is 6.08 Å². The molecule has 3 rings (SSSR count). The Morgan fingerprint density at radius 2 is 1.83 bits per heavy atom. The molecule has 0 unspecified atom stereocenters. The molecule has 0 aliphatic carbocycles. The van der Waals surface area contributed by atoms with Crippen LogP contribution in [-0.4, -0.2) is 25.5 Å². The summed E-state index contributed by atoms with van der Waals surface area (Å²) in [7, 11) is 1.47. The number of rotatable bonds is 8. The molecule has 0 saturated carbocycles. The van der Waals surface area contributed by atoms with E-state index in [1.165, 1.54) is 13.2 Å². The Hall–Kier alpha value is -3.55. The summed E-state index contributed by atoms with van der Waals surface area (Å²) in [5.41, 5.74) is 3.78. The molecular weight excluding hydrogens is 593 g/mol. The molecule has 0 atom stereocenters. The first-order chi connectivity index (χ1) is 17.2. The van der Waals surface area contributed by atoms with Gasteiger partial charge in [-0.2, -0.15) is 5.26 Å². The lowest BCUT2D eigenvalue weighted by Crippen LogP contribution is -2.21. The number of methoxy groups -OCH3 is 1. The van der Waals surface area contributed by atoms with Gasteiger partial charge < -0.3 is 20.1 Å². The highest BCUT2D eigenvalue weighted by Gasteiger charge is 2.16. The quantitative estimate of drug-likeness (QED) is 0.180. The first-order valence-electron chi connectivity index (χ1n) is 10.8. The Morgan fingerprint density at radius 1 is 1.11 bits per heavy atom. The van der Waals surface area contributed by atoms with E-state index in [1.807, 2.05) is 38.1 Å². The third-order valence-corrected chi connectivity index (χ3v) is 6.31. The minimum Gasteiger partial charge on any atom is -0.493 e. The van der Waals surface area contributed by atoms with Crippen LogP contribution in [0.2, 0.25) is 5.02 Å². The van der Waals surface area contributed by atoms with Crippen molar-refractivity contribution in [1.29, 1.82) is 5.26 Å². The third kappa shape index (κ3) is 6.99. The summed E-state index contributed by atoms with van der Waals surface area (Å²) in [5.74, 6) is -0.119. The van der Waals surface area contributed by atoms with Gasteiger partial charge in [-0.1, -0.05) is 23.7 Å². The lowest BCUT2D eigenvalue weighted by Gasteiger charge is -2.15. The molecule has 2 amide bonds. The van der Waals surface area contributed by atoms with Gasteiger partial charge in [-0.15, -0.1) is 0 Å². The minimum atomic E-state index is -0.558. The zero-order chi connectivity index (χ0) is 26.2. The van der Waals surface area contributed by atoms with Crippen molar-refractivity contribution < 1.29 is 19.1 Å². The summed E-state index contributed by atoms with van der Waals surface area (Å²) in [4.78, 5) is 25.1. The maximum atomic E-state index is 12.6. The van der Waals surface area contributed by atoms with Crippen LogP contribution < -0.4 is 20.1 Å². The summed E-state index contributed by atoms with van der Waals surface area (Å²) >= 11 is 7.92. The van der Waals surface area contributed by atoms with Gasteiger partial charge >= 0.3 is 0 Å². The summed E-state index contributed by atoms with van der Waals surface area (Å²) in [6.45, 7) is 3.70. The number of nitriles is 1. The van der Waals surface area contributed by atoms with Crippen molar-refractivity contribution in [2.45, 2.75) is 13.8 Å². The van der Waals surface area contributed by atoms with E-state index in [0.29, 0.717) is 31.3 Å². The van der Waals surface area contributed by atoms with Gasteiger partial charge in [0, 0.05) is 16.4 Å². The van der Waals surface area contributed by atoms with E-state index < -0.39 is 5.91 Å². The number of nitrogens with zero attached hydrogens (tertiary/aromatic N) is 1. The average molecular weight is 616 g/mol. The van der Waals surface area contributed by atoms with Crippen molar-refractivity contribution in [1.82, 2.24) is 0 Å². The van der Waals surface area contributed by atoms with Gasteiger partial charge in [-0.05, 0) is 102 Å². The molecular formula is C27H23ClIN3O4. The number of anilines is 2. The van der Waals surface area contributed by atoms with Crippen molar-refractivity contribution >= 4 is 63.5 Å². The van der Waals surface area contributed by atoms with Crippen LogP contribution in [0.15, 0.2) is 60.2 Å². The summed E-state index contributed by atoms with van der Waals surface area (Å²) < 4.78 is 11.9. The van der Waals surface area contributed by atoms with Crippen LogP contribution >= 0.6 is 34.2 Å². The summed E-state index contributed by atoms with van der Waals surface area (Å²) in [5, 5.41) is 15.6. The number of hydrogen-bond acceptors (Lipinski definition) is 5. The van der Waals surface area contributed by atoms with E-state index >= 15 is 0 Å². The molecule has 0 aliphatic heterocycles. The molecule has 184 valence electrons. The standard InChI is InChI=1S/C27H23ClIN3O4/c1-16-5-4-6-23(17(16)2)32-25(33)15-36-26-22(29)12-18(13-24(26)35-3)11-19(14-30)27(34)31-21-9-7-20(28)8-10-21/h4-13H,15H2,1-3H3,(H,31,34)(H,32,33)/b19-11-. The predicted molar refractivity (Wildman–Crippen MR) is 149 cm³/mol. The fraction of sp³-hybridized carbons (Fsp3) is 0.148. The van der Waals surface area contributed by atoms with E-state index in [9.17, 15) is 14.9 Å². The SMILES string of the molecule is COc1cc(/C=C(/C#N)C(=O)Nc2ccc(Cl)cc2)cc(I)c1OCC(=O)Nc1cccc(C)c1C. The second-order valence-electron chi connectivity index (χ2n) is 7.75. The molecule has 0 radical (unpaired) electrons. The Balaban J connectivity index is 1.74. The number of ether oxygens (including phenoxy) is 2. The second kappa shape index (κ2) is 12.4. The van der Waals surface area contributed by atoms with E-state index in [1.54, 1.807) is 36.4 Å². The van der Waals surface area contributed by atoms with Crippen LogP contribution in [0.4, 0.5) is 11.4 Å². The normalized spacial score (nSPS) is 10.8. The van der Waals surface area contributed by atoms with Gasteiger partial charge in [0.1, 0.15) is 11.6 Å². The molecule has 0 fully saturated rings. The fourth-order valence-corrected chi connectivity index (χ4v) is 4.13. The van der Waals surface area contributed by atoms with E-state index in [2.05, 4.69) is 33.2 Å². The van der Waals surface area contributed by atoms with Crippen molar-refractivity contribution in [3.63, 3.8) is 0 Å². The van der Waals surface area contributed by atoms with Crippen molar-refractivity contribution in [3.8, 4) is 17.6 Å². The number of carbonyl (C=O) groups excluding carboxylic acids is 2. The highest BCUT2D eigenvalue weighted by molar-refractivity contribution is 14.1. The zero-order valence-electron chi connectivity index (χ0n) is 19.8. The molecule has 3 aromatic rings. The van der Waals surface area contributed by atoms with Crippen molar-refractivity contribution in [3.05, 3.63) is 85.5 Å². The summed E-state index contributed by atoms with van der Waals surface area (Å²) in [6, 6.07) is 17.5. The van der Waals surface area contributed by atoms with Gasteiger partial charge in [0.25, 0.3) is 11.8 Å². The highest BCUT2D eigenvalue weighted by Crippen LogP contribution is 2.35. The number of halogens is 2. The molecule has 7 nitrogen and oxygen atoms in total. The first kappa shape index (κ1) is 27.0. The third-order valence-electron chi connectivity index (χ3n) is 5.26. The van der Waals surface area contributed by atoms with Crippen molar-refractivity contribution in [2.75, 3.05) is 24.4 Å². The maximum Gasteiger partial charge on any atom is 0.266 e. The molecule has 0 aromatic heterocycles. The monoisotopic (exact) mass is 615 g/mol. The smallest absolute Gasteiger partial charge is 0.266 e. The van der Waals surface area contributed by atoms with Crippen molar-refractivity contribution in [2.24, 2.45) is 0 Å². The van der Waals surface area contributed by atoms with Crippen LogP contribution in [0.3, 0.4) is 0 Å². The Kier molecular flexibility index (Phi) is 9.33. The molecule has 0 saturated heterocycles. The molecule has 0 heterocycles. The first-order valence-corrected chi connectivity index (χ1v) is 12.2. The largest absolute Gasteiger partial charge is 0.493 e. The Labute approximate surface area is 228 Å². The maximum absolute atomic E-state index is 12.6. The second-order valence-corrected chi connectivity index (χ2v) is 9.35. The number of aryl methyl sites for hydroxylation is 1. The molecule has 2 N–H and O–H groups in total. The molecule has 0 aliphatic rings. The average Bonchev–Trinajstić information content (AvgIpc) is 2.85. The molecule has 36 heavy (non-hydrogen) atoms. The van der Waals surface area contributed by atoms with Gasteiger partial charge in [0.05, 0.1) is 10.7 Å². The van der Waals surface area contributed by atoms with Gasteiger partial charge in [0.2, 0.25) is 0 Å². The predicted octanol–water partition coefficient (Wildman–Crippen LogP) is 6.13. The lowest BCUT2D eigenvalue weighted by atomic mass is 10.1. The van der Waals surface area contributed by atoms with Gasteiger partial charge in [-0.3, -0.25) is 9.59 Å². The van der Waals surface area contributed by atoms with E-state index in [-0.39, 0.29) is 18.1 Å². The van der Waals surface area contributed by atoms with E-state index in [0.717, 1.165) is 16.8 Å². The lowest BCUT2D eigenvalue weighted by molar-refractivity contribution is -0.118. The Bertz CT molecular complexity index is 1360. The van der Waals surface area contributed by atoms with Crippen LogP contribution in [0.5, 0.6) is 11.5 Å². The van der Waals surface area contributed by atoms with Crippen LogP contribution in [0, 0.1) is 28.7 Å². The Morgan fingerprint density at radius 3 is 2.50 bits per heavy atom. The van der Waals surface area contributed by atoms with Crippen LogP contribution in [0.1, 0.15) is 16.7 Å². The number of amides is 2. The fourth-order valence-electron chi connectivity index (χ4n) is 3.22. The number of hydrogen-bond donors (Lipinski definition) is 2. The molecule has 3 aromatic carbocycles. The van der Waals surface area contributed by atoms with Crippen LogP contribution in [-0.2, 0) is 9.59 Å². The number of benzene rings is 3. The molecule has 0 spiro atoms. The van der Waals surface area contributed by atoms with Gasteiger partial charge in [-0.25, -0.2) is 0 Å². The summed E-state index contributed by atoms with van der Waals surface area (Å²) in [6.07, 6.45) is 1.45. The molecule has 9 heteroatoms. The zero-order valence-corrected chi connectivity index (χ0v) is 22.7. The topological polar surface area (TPSA) is 100 Å².